The molecule has 0 aliphatic heterocycles. The number of anilines is 2. The predicted molar refractivity (Wildman–Crippen MR) is 75.4 cm³/mol. The summed E-state index contributed by atoms with van der Waals surface area (Å²) in [5, 5.41) is 3.19. The topological polar surface area (TPSA) is 73.1 Å². The van der Waals surface area contributed by atoms with Gasteiger partial charge < -0.3 is 15.8 Å². The Morgan fingerprint density at radius 3 is 3.00 bits per heavy atom. The predicted octanol–water partition coefficient (Wildman–Crippen LogP) is 2.47. The summed E-state index contributed by atoms with van der Waals surface area (Å²) in [7, 11) is 0. The van der Waals surface area contributed by atoms with Gasteiger partial charge in [0.25, 0.3) is 0 Å². The van der Waals surface area contributed by atoms with Gasteiger partial charge in [-0.1, -0.05) is 19.1 Å². The van der Waals surface area contributed by atoms with Crippen LogP contribution in [0.25, 0.3) is 0 Å². The molecule has 1 heterocycles. The van der Waals surface area contributed by atoms with E-state index < -0.39 is 0 Å². The number of hydrogen-bond donors (Lipinski definition) is 2. The smallest absolute Gasteiger partial charge is 0.234 e. The van der Waals surface area contributed by atoms with E-state index in [2.05, 4.69) is 15.3 Å². The maximum atomic E-state index is 5.62. The Kier molecular flexibility index (Phi) is 4.69. The van der Waals surface area contributed by atoms with Crippen LogP contribution < -0.4 is 15.8 Å². The fourth-order valence-electron chi connectivity index (χ4n) is 1.61. The second-order valence-electron chi connectivity index (χ2n) is 4.12. The lowest BCUT2D eigenvalue weighted by Gasteiger charge is -2.08. The third-order valence-electron chi connectivity index (χ3n) is 2.50. The first kappa shape index (κ1) is 13.3. The number of nitrogens with zero attached hydrogens (tertiary/aromatic N) is 2. The zero-order valence-corrected chi connectivity index (χ0v) is 11.0. The van der Waals surface area contributed by atoms with Crippen LogP contribution in [0.3, 0.4) is 0 Å². The number of nitrogens with one attached hydrogen (secondary N) is 1. The van der Waals surface area contributed by atoms with Crippen molar-refractivity contribution in [3.8, 4) is 5.88 Å². The monoisotopic (exact) mass is 258 g/mol. The van der Waals surface area contributed by atoms with Gasteiger partial charge in [-0.25, -0.2) is 0 Å². The molecule has 0 unspecified atom stereocenters. The molecule has 2 aromatic rings. The Morgan fingerprint density at radius 2 is 2.21 bits per heavy atom. The van der Waals surface area contributed by atoms with Crippen molar-refractivity contribution in [2.45, 2.75) is 19.9 Å². The van der Waals surface area contributed by atoms with Crippen LogP contribution in [0, 0.1) is 0 Å². The largest absolute Gasteiger partial charge is 0.477 e. The van der Waals surface area contributed by atoms with E-state index in [4.69, 9.17) is 10.5 Å². The van der Waals surface area contributed by atoms with E-state index in [1.807, 2.05) is 31.2 Å². The van der Waals surface area contributed by atoms with Crippen molar-refractivity contribution in [1.29, 1.82) is 0 Å². The van der Waals surface area contributed by atoms with Crippen molar-refractivity contribution >= 4 is 11.5 Å². The Labute approximate surface area is 112 Å². The molecule has 5 heteroatoms. The number of hydrogen-bond acceptors (Lipinski definition) is 5. The molecule has 0 saturated carbocycles. The highest BCUT2D eigenvalue weighted by Crippen LogP contribution is 2.17. The molecule has 0 aliphatic carbocycles. The summed E-state index contributed by atoms with van der Waals surface area (Å²) in [6, 6.07) is 7.88. The molecule has 1 aromatic heterocycles. The van der Waals surface area contributed by atoms with Gasteiger partial charge in [0.15, 0.2) is 5.82 Å². The van der Waals surface area contributed by atoms with Gasteiger partial charge in [0.1, 0.15) is 0 Å². The zero-order valence-electron chi connectivity index (χ0n) is 11.0. The second-order valence-corrected chi connectivity index (χ2v) is 4.12. The van der Waals surface area contributed by atoms with Crippen LogP contribution in [0.15, 0.2) is 36.7 Å². The molecule has 0 amide bonds. The third-order valence-corrected chi connectivity index (χ3v) is 2.50. The average molecular weight is 258 g/mol. The Morgan fingerprint density at radius 1 is 1.32 bits per heavy atom. The summed E-state index contributed by atoms with van der Waals surface area (Å²) in [6.45, 7) is 3.20. The minimum atomic E-state index is 0.515. The summed E-state index contributed by atoms with van der Waals surface area (Å²) in [5.41, 5.74) is 7.62. The van der Waals surface area contributed by atoms with E-state index in [-0.39, 0.29) is 0 Å². The van der Waals surface area contributed by atoms with Crippen molar-refractivity contribution in [3.63, 3.8) is 0 Å². The number of benzene rings is 1. The SMILES string of the molecule is CCCOc1cncc(Nc2cccc(CN)c2)n1. The molecule has 5 nitrogen and oxygen atoms in total. The molecule has 0 atom stereocenters. The van der Waals surface area contributed by atoms with Crippen LogP contribution in [0.5, 0.6) is 5.88 Å². The molecular formula is C14H18N4O. The molecule has 0 radical (unpaired) electrons. The molecule has 19 heavy (non-hydrogen) atoms. The lowest BCUT2D eigenvalue weighted by molar-refractivity contribution is 0.304. The molecule has 3 N–H and O–H groups in total. The Balaban J connectivity index is 2.09. The zero-order chi connectivity index (χ0) is 13.5. The number of rotatable bonds is 6. The fourth-order valence-corrected chi connectivity index (χ4v) is 1.61. The van der Waals surface area contributed by atoms with Crippen molar-refractivity contribution in [2.75, 3.05) is 11.9 Å². The van der Waals surface area contributed by atoms with Crippen molar-refractivity contribution in [1.82, 2.24) is 9.97 Å². The summed E-state index contributed by atoms with van der Waals surface area (Å²) in [5.74, 6) is 1.18. The molecule has 1 aromatic carbocycles. The molecule has 0 bridgehead atoms. The summed E-state index contributed by atoms with van der Waals surface area (Å²) in [4.78, 5) is 8.44. The molecule has 0 spiro atoms. The molecule has 100 valence electrons. The normalized spacial score (nSPS) is 10.2. The van der Waals surface area contributed by atoms with E-state index in [9.17, 15) is 0 Å². The van der Waals surface area contributed by atoms with Gasteiger partial charge in [0.05, 0.1) is 19.0 Å². The molecule has 2 rings (SSSR count). The second kappa shape index (κ2) is 6.70. The van der Waals surface area contributed by atoms with Gasteiger partial charge in [-0.05, 0) is 24.1 Å². The molecular weight excluding hydrogens is 240 g/mol. The number of aromatic nitrogens is 2. The van der Waals surface area contributed by atoms with E-state index >= 15 is 0 Å². The van der Waals surface area contributed by atoms with Gasteiger partial charge >= 0.3 is 0 Å². The van der Waals surface area contributed by atoms with E-state index in [0.29, 0.717) is 24.8 Å². The molecule has 0 saturated heterocycles. The highest BCUT2D eigenvalue weighted by molar-refractivity contribution is 5.56. The summed E-state index contributed by atoms with van der Waals surface area (Å²) < 4.78 is 5.44. The average Bonchev–Trinajstić information content (AvgIpc) is 2.46. The fraction of sp³-hybridized carbons (Fsp3) is 0.286. The Hall–Kier alpha value is -2.14. The Bertz CT molecular complexity index is 530. The maximum absolute atomic E-state index is 5.62. The number of ether oxygens (including phenoxy) is 1. The molecule has 0 aliphatic rings. The standard InChI is InChI=1S/C14H18N4O/c1-2-6-19-14-10-16-9-13(18-14)17-12-5-3-4-11(7-12)8-15/h3-5,7,9-10H,2,6,8,15H2,1H3,(H,17,18). The van der Waals surface area contributed by atoms with E-state index in [1.54, 1.807) is 12.4 Å². The van der Waals surface area contributed by atoms with E-state index in [0.717, 1.165) is 17.7 Å². The van der Waals surface area contributed by atoms with Crippen LogP contribution in [0.4, 0.5) is 11.5 Å². The van der Waals surface area contributed by atoms with Crippen LogP contribution in [0.2, 0.25) is 0 Å². The van der Waals surface area contributed by atoms with Gasteiger partial charge in [-0.2, -0.15) is 4.98 Å². The van der Waals surface area contributed by atoms with E-state index in [1.165, 1.54) is 0 Å². The van der Waals surface area contributed by atoms with Crippen molar-refractivity contribution < 1.29 is 4.74 Å². The third kappa shape index (κ3) is 3.93. The van der Waals surface area contributed by atoms with Gasteiger partial charge in [0, 0.05) is 12.2 Å². The quantitative estimate of drug-likeness (QED) is 0.832. The summed E-state index contributed by atoms with van der Waals surface area (Å²) >= 11 is 0. The van der Waals surface area contributed by atoms with Crippen LogP contribution in [-0.4, -0.2) is 16.6 Å². The van der Waals surface area contributed by atoms with Gasteiger partial charge in [-0.3, -0.25) is 4.98 Å². The lowest BCUT2D eigenvalue weighted by atomic mass is 10.2. The highest BCUT2D eigenvalue weighted by atomic mass is 16.5. The minimum Gasteiger partial charge on any atom is -0.477 e. The highest BCUT2D eigenvalue weighted by Gasteiger charge is 2.01. The van der Waals surface area contributed by atoms with Crippen LogP contribution in [-0.2, 0) is 6.54 Å². The molecule has 0 fully saturated rings. The number of nitrogens with two attached hydrogens (primary N) is 1. The van der Waals surface area contributed by atoms with Gasteiger partial charge in [0.2, 0.25) is 5.88 Å². The maximum Gasteiger partial charge on any atom is 0.234 e. The van der Waals surface area contributed by atoms with Crippen LogP contribution >= 0.6 is 0 Å². The first-order valence-electron chi connectivity index (χ1n) is 6.32. The van der Waals surface area contributed by atoms with Crippen molar-refractivity contribution in [3.05, 3.63) is 42.2 Å². The first-order chi connectivity index (χ1) is 9.31. The van der Waals surface area contributed by atoms with Crippen LogP contribution in [0.1, 0.15) is 18.9 Å². The summed E-state index contributed by atoms with van der Waals surface area (Å²) in [6.07, 6.45) is 4.21. The van der Waals surface area contributed by atoms with Gasteiger partial charge in [-0.15, -0.1) is 0 Å². The lowest BCUT2D eigenvalue weighted by Crippen LogP contribution is -2.01. The van der Waals surface area contributed by atoms with Crippen molar-refractivity contribution in [2.24, 2.45) is 5.73 Å². The first-order valence-corrected chi connectivity index (χ1v) is 6.32. The minimum absolute atomic E-state index is 0.515.